The zero-order chi connectivity index (χ0) is 12.4. The van der Waals surface area contributed by atoms with Crippen molar-refractivity contribution in [1.82, 2.24) is 0 Å². The monoisotopic (exact) mass is 223 g/mol. The second-order valence-corrected chi connectivity index (χ2v) is 4.16. The number of hydrogen-bond acceptors (Lipinski definition) is 2. The standard InChI is InChI=1S/C15H13NO/c1-10-3-4-11(2)14(7-10)12-5-6-13(9-16)15(17)8-12/h3-8,17H,1-2H3. The lowest BCUT2D eigenvalue weighted by Crippen LogP contribution is -1.86. The Labute approximate surface area is 101 Å². The number of nitriles is 1. The summed E-state index contributed by atoms with van der Waals surface area (Å²) < 4.78 is 0. The van der Waals surface area contributed by atoms with E-state index >= 15 is 0 Å². The third-order valence-corrected chi connectivity index (χ3v) is 2.82. The number of rotatable bonds is 1. The second-order valence-electron chi connectivity index (χ2n) is 4.16. The van der Waals surface area contributed by atoms with Gasteiger partial charge in [0, 0.05) is 0 Å². The van der Waals surface area contributed by atoms with Crippen molar-refractivity contribution in [1.29, 1.82) is 5.26 Å². The molecule has 0 heterocycles. The molecule has 2 heteroatoms. The Hall–Kier alpha value is -2.27. The molecule has 0 saturated carbocycles. The molecule has 0 spiro atoms. The van der Waals surface area contributed by atoms with E-state index in [0.717, 1.165) is 16.7 Å². The van der Waals surface area contributed by atoms with Crippen LogP contribution in [0.5, 0.6) is 5.75 Å². The maximum Gasteiger partial charge on any atom is 0.133 e. The molecule has 0 radical (unpaired) electrons. The van der Waals surface area contributed by atoms with E-state index < -0.39 is 0 Å². The first-order valence-electron chi connectivity index (χ1n) is 5.42. The average Bonchev–Trinajstić information content (AvgIpc) is 2.32. The molecule has 0 saturated heterocycles. The summed E-state index contributed by atoms with van der Waals surface area (Å²) in [4.78, 5) is 0. The number of benzene rings is 2. The summed E-state index contributed by atoms with van der Waals surface area (Å²) in [6, 6.07) is 13.3. The van der Waals surface area contributed by atoms with Crippen LogP contribution in [0.15, 0.2) is 36.4 Å². The summed E-state index contributed by atoms with van der Waals surface area (Å²) in [7, 11) is 0. The number of aromatic hydroxyl groups is 1. The predicted octanol–water partition coefficient (Wildman–Crippen LogP) is 3.55. The van der Waals surface area contributed by atoms with Crippen LogP contribution in [0.3, 0.4) is 0 Å². The first-order valence-corrected chi connectivity index (χ1v) is 5.42. The van der Waals surface area contributed by atoms with Gasteiger partial charge in [-0.2, -0.15) is 5.26 Å². The highest BCUT2D eigenvalue weighted by Crippen LogP contribution is 2.29. The highest BCUT2D eigenvalue weighted by atomic mass is 16.3. The Kier molecular flexibility index (Phi) is 2.84. The minimum atomic E-state index is 0.0332. The number of nitrogens with zero attached hydrogens (tertiary/aromatic N) is 1. The van der Waals surface area contributed by atoms with Crippen molar-refractivity contribution < 1.29 is 5.11 Å². The molecule has 84 valence electrons. The summed E-state index contributed by atoms with van der Waals surface area (Å²) in [5, 5.41) is 18.5. The van der Waals surface area contributed by atoms with E-state index in [1.807, 2.05) is 26.0 Å². The number of phenolic OH excluding ortho intramolecular Hbond substituents is 1. The molecular formula is C15H13NO. The smallest absolute Gasteiger partial charge is 0.133 e. The van der Waals surface area contributed by atoms with Gasteiger partial charge in [-0.05, 0) is 42.7 Å². The van der Waals surface area contributed by atoms with Crippen LogP contribution in [-0.4, -0.2) is 5.11 Å². The number of phenols is 1. The van der Waals surface area contributed by atoms with Crippen LogP contribution in [-0.2, 0) is 0 Å². The molecule has 2 nitrogen and oxygen atoms in total. The first kappa shape index (κ1) is 11.2. The van der Waals surface area contributed by atoms with Gasteiger partial charge < -0.3 is 5.11 Å². The van der Waals surface area contributed by atoms with Gasteiger partial charge in [0.2, 0.25) is 0 Å². The summed E-state index contributed by atoms with van der Waals surface area (Å²) in [6.45, 7) is 4.07. The summed E-state index contributed by atoms with van der Waals surface area (Å²) in [5.74, 6) is 0.0332. The fourth-order valence-corrected chi connectivity index (χ4v) is 1.84. The Morgan fingerprint density at radius 1 is 1.06 bits per heavy atom. The molecule has 0 aromatic heterocycles. The third kappa shape index (κ3) is 2.14. The minimum Gasteiger partial charge on any atom is -0.507 e. The normalized spacial score (nSPS) is 9.94. The molecule has 0 aliphatic carbocycles. The van der Waals surface area contributed by atoms with Crippen LogP contribution in [0.1, 0.15) is 16.7 Å². The van der Waals surface area contributed by atoms with E-state index in [1.165, 1.54) is 5.56 Å². The quantitative estimate of drug-likeness (QED) is 0.803. The van der Waals surface area contributed by atoms with Crippen molar-refractivity contribution in [2.75, 3.05) is 0 Å². The van der Waals surface area contributed by atoms with Crippen LogP contribution in [0.4, 0.5) is 0 Å². The van der Waals surface area contributed by atoms with Crippen LogP contribution >= 0.6 is 0 Å². The molecule has 0 amide bonds. The van der Waals surface area contributed by atoms with Gasteiger partial charge in [-0.15, -0.1) is 0 Å². The maximum absolute atomic E-state index is 9.69. The van der Waals surface area contributed by atoms with Gasteiger partial charge in [0.05, 0.1) is 5.56 Å². The fourth-order valence-electron chi connectivity index (χ4n) is 1.84. The second kappa shape index (κ2) is 4.31. The van der Waals surface area contributed by atoms with Crippen molar-refractivity contribution in [2.24, 2.45) is 0 Å². The average molecular weight is 223 g/mol. The van der Waals surface area contributed by atoms with Gasteiger partial charge >= 0.3 is 0 Å². The van der Waals surface area contributed by atoms with Crippen LogP contribution in [0.2, 0.25) is 0 Å². The molecule has 0 bridgehead atoms. The van der Waals surface area contributed by atoms with Gasteiger partial charge in [-0.25, -0.2) is 0 Å². The Morgan fingerprint density at radius 3 is 2.47 bits per heavy atom. The van der Waals surface area contributed by atoms with Gasteiger partial charge in [0.25, 0.3) is 0 Å². The van der Waals surface area contributed by atoms with Crippen molar-refractivity contribution in [3.63, 3.8) is 0 Å². The molecule has 17 heavy (non-hydrogen) atoms. The lowest BCUT2D eigenvalue weighted by molar-refractivity contribution is 0.474. The molecule has 0 aliphatic rings. The molecule has 0 fully saturated rings. The van der Waals surface area contributed by atoms with Crippen LogP contribution in [0, 0.1) is 25.2 Å². The van der Waals surface area contributed by atoms with E-state index in [2.05, 4.69) is 18.2 Å². The van der Waals surface area contributed by atoms with Gasteiger partial charge in [-0.1, -0.05) is 29.8 Å². The third-order valence-electron chi connectivity index (χ3n) is 2.82. The Balaban J connectivity index is 2.58. The molecule has 0 unspecified atom stereocenters. The molecule has 0 atom stereocenters. The molecule has 0 aliphatic heterocycles. The molecule has 1 N–H and O–H groups in total. The number of hydrogen-bond donors (Lipinski definition) is 1. The van der Waals surface area contributed by atoms with Gasteiger partial charge in [0.1, 0.15) is 11.8 Å². The summed E-state index contributed by atoms with van der Waals surface area (Å²) >= 11 is 0. The van der Waals surface area contributed by atoms with E-state index in [-0.39, 0.29) is 5.75 Å². The summed E-state index contributed by atoms with van der Waals surface area (Å²) in [6.07, 6.45) is 0. The fraction of sp³-hybridized carbons (Fsp3) is 0.133. The minimum absolute atomic E-state index is 0.0332. The van der Waals surface area contributed by atoms with Crippen molar-refractivity contribution in [3.8, 4) is 22.9 Å². The highest BCUT2D eigenvalue weighted by Gasteiger charge is 2.06. The van der Waals surface area contributed by atoms with Crippen LogP contribution in [0.25, 0.3) is 11.1 Å². The van der Waals surface area contributed by atoms with Crippen molar-refractivity contribution in [2.45, 2.75) is 13.8 Å². The number of aryl methyl sites for hydroxylation is 2. The Bertz CT molecular complexity index is 609. The largest absolute Gasteiger partial charge is 0.507 e. The van der Waals surface area contributed by atoms with Gasteiger partial charge in [-0.3, -0.25) is 0 Å². The van der Waals surface area contributed by atoms with Gasteiger partial charge in [0.15, 0.2) is 0 Å². The topological polar surface area (TPSA) is 44.0 Å². The Morgan fingerprint density at radius 2 is 1.82 bits per heavy atom. The van der Waals surface area contributed by atoms with Crippen LogP contribution < -0.4 is 0 Å². The van der Waals surface area contributed by atoms with E-state index in [4.69, 9.17) is 5.26 Å². The molecule has 2 aromatic rings. The van der Waals surface area contributed by atoms with Crippen molar-refractivity contribution >= 4 is 0 Å². The van der Waals surface area contributed by atoms with E-state index in [9.17, 15) is 5.11 Å². The first-order chi connectivity index (χ1) is 8.11. The van der Waals surface area contributed by atoms with Crippen molar-refractivity contribution in [3.05, 3.63) is 53.1 Å². The zero-order valence-electron chi connectivity index (χ0n) is 9.86. The molecular weight excluding hydrogens is 210 g/mol. The lowest BCUT2D eigenvalue weighted by atomic mass is 9.97. The molecule has 2 aromatic carbocycles. The van der Waals surface area contributed by atoms with E-state index in [0.29, 0.717) is 5.56 Å². The zero-order valence-corrected chi connectivity index (χ0v) is 9.86. The lowest BCUT2D eigenvalue weighted by Gasteiger charge is -2.08. The maximum atomic E-state index is 9.69. The van der Waals surface area contributed by atoms with E-state index in [1.54, 1.807) is 12.1 Å². The highest BCUT2D eigenvalue weighted by molar-refractivity contribution is 5.70. The SMILES string of the molecule is Cc1ccc(C)c(-c2ccc(C#N)c(O)c2)c1. The summed E-state index contributed by atoms with van der Waals surface area (Å²) in [5.41, 5.74) is 4.65. The molecule has 2 rings (SSSR count). The predicted molar refractivity (Wildman–Crippen MR) is 67.7 cm³/mol.